The maximum absolute atomic E-state index is 4.01. The van der Waals surface area contributed by atoms with E-state index >= 15 is 0 Å². The zero-order chi connectivity index (χ0) is 17.7. The Morgan fingerprint density at radius 1 is 0.462 bits per heavy atom. The maximum Gasteiger partial charge on any atom is -0.00987 e. The van der Waals surface area contributed by atoms with Gasteiger partial charge in [-0.1, -0.05) is 98.1 Å². The van der Waals surface area contributed by atoms with Crippen LogP contribution in [0.25, 0.3) is 55.2 Å². The van der Waals surface area contributed by atoms with Crippen molar-refractivity contribution in [1.82, 2.24) is 0 Å². The first kappa shape index (κ1) is 14.9. The molecule has 0 heteroatoms. The lowest BCUT2D eigenvalue weighted by atomic mass is 9.91. The van der Waals surface area contributed by atoms with Gasteiger partial charge in [-0.05, 0) is 54.2 Å². The van der Waals surface area contributed by atoms with Crippen molar-refractivity contribution in [2.45, 2.75) is 0 Å². The second-order valence-corrected chi connectivity index (χ2v) is 6.68. The highest BCUT2D eigenvalue weighted by molar-refractivity contribution is 6.22. The van der Waals surface area contributed by atoms with E-state index in [0.717, 1.165) is 11.1 Å². The van der Waals surface area contributed by atoms with E-state index in [2.05, 4.69) is 86.0 Å². The number of hydrogen-bond acceptors (Lipinski definition) is 0. The van der Waals surface area contributed by atoms with Crippen molar-refractivity contribution in [2.75, 3.05) is 0 Å². The summed E-state index contributed by atoms with van der Waals surface area (Å²) in [6.07, 6.45) is 3.83. The first-order valence-electron chi connectivity index (χ1n) is 8.86. The van der Waals surface area contributed by atoms with Gasteiger partial charge in [0.2, 0.25) is 0 Å². The summed E-state index contributed by atoms with van der Waals surface area (Å²) in [7, 11) is 0. The minimum Gasteiger partial charge on any atom is -0.0984 e. The first-order chi connectivity index (χ1) is 12.8. The molecule has 0 aromatic heterocycles. The molecule has 0 aliphatic rings. The summed E-state index contributed by atoms with van der Waals surface area (Å²) in [5, 5.41) is 10.3. The van der Waals surface area contributed by atoms with E-state index < -0.39 is 0 Å². The van der Waals surface area contributed by atoms with Crippen molar-refractivity contribution in [3.05, 3.63) is 97.1 Å². The van der Waals surface area contributed by atoms with Crippen LogP contribution in [0.1, 0.15) is 11.1 Å². The summed E-state index contributed by atoms with van der Waals surface area (Å²) in [5.41, 5.74) is 2.27. The van der Waals surface area contributed by atoms with E-state index in [0.29, 0.717) is 0 Å². The molecule has 5 aromatic rings. The van der Waals surface area contributed by atoms with Gasteiger partial charge in [0, 0.05) is 0 Å². The molecule has 0 radical (unpaired) electrons. The van der Waals surface area contributed by atoms with Gasteiger partial charge < -0.3 is 0 Å². The minimum absolute atomic E-state index is 1.12. The van der Waals surface area contributed by atoms with E-state index in [9.17, 15) is 0 Å². The molecule has 0 saturated carbocycles. The Labute approximate surface area is 152 Å². The Balaban J connectivity index is 1.97. The Morgan fingerprint density at radius 3 is 1.69 bits per heavy atom. The average molecular weight is 330 g/mol. The van der Waals surface area contributed by atoms with Gasteiger partial charge in [-0.2, -0.15) is 0 Å². The van der Waals surface area contributed by atoms with Crippen LogP contribution in [-0.4, -0.2) is 0 Å². The molecule has 0 atom stereocenters. The van der Waals surface area contributed by atoms with Gasteiger partial charge in [0.1, 0.15) is 0 Å². The fraction of sp³-hybridized carbons (Fsp3) is 0. The van der Waals surface area contributed by atoms with Crippen LogP contribution in [0.3, 0.4) is 0 Å². The van der Waals surface area contributed by atoms with Crippen LogP contribution in [0.2, 0.25) is 0 Å². The van der Waals surface area contributed by atoms with E-state index in [1.54, 1.807) is 0 Å². The molecule has 0 nitrogen and oxygen atoms in total. The molecular weight excluding hydrogens is 312 g/mol. The third kappa shape index (κ3) is 1.96. The van der Waals surface area contributed by atoms with Crippen molar-refractivity contribution >= 4 is 55.2 Å². The normalized spacial score (nSPS) is 11.4. The molecular formula is C26H18. The number of benzene rings is 5. The molecule has 0 amide bonds. The highest BCUT2D eigenvalue weighted by Gasteiger charge is 2.09. The molecule has 0 bridgehead atoms. The second kappa shape index (κ2) is 5.57. The lowest BCUT2D eigenvalue weighted by Crippen LogP contribution is -1.87. The lowest BCUT2D eigenvalue weighted by molar-refractivity contribution is 1.69. The summed E-state index contributed by atoms with van der Waals surface area (Å²) in [6.45, 7) is 7.94. The summed E-state index contributed by atoms with van der Waals surface area (Å²) in [5.74, 6) is 0. The fourth-order valence-corrected chi connectivity index (χ4v) is 4.17. The molecule has 0 aliphatic heterocycles. The fourth-order valence-electron chi connectivity index (χ4n) is 4.17. The van der Waals surface area contributed by atoms with E-state index in [4.69, 9.17) is 0 Å². The monoisotopic (exact) mass is 330 g/mol. The third-order valence-electron chi connectivity index (χ3n) is 5.42. The van der Waals surface area contributed by atoms with E-state index in [1.807, 2.05) is 12.2 Å². The Hall–Kier alpha value is -3.38. The predicted molar refractivity (Wildman–Crippen MR) is 117 cm³/mol. The molecule has 5 rings (SSSR count). The van der Waals surface area contributed by atoms with Gasteiger partial charge in [0.25, 0.3) is 0 Å². The Morgan fingerprint density at radius 2 is 1.00 bits per heavy atom. The van der Waals surface area contributed by atoms with Crippen molar-refractivity contribution < 1.29 is 0 Å². The highest BCUT2D eigenvalue weighted by atomic mass is 14.1. The standard InChI is InChI=1S/C26H18/c1-3-17-9-11-23-21(19(17)4-2)13-15-26-24-12-10-18-7-5-6-8-20(18)22(24)14-16-25(23)26/h3-16H,1-2H2. The van der Waals surface area contributed by atoms with Crippen molar-refractivity contribution in [3.63, 3.8) is 0 Å². The highest BCUT2D eigenvalue weighted by Crippen LogP contribution is 2.36. The van der Waals surface area contributed by atoms with Gasteiger partial charge in [-0.25, -0.2) is 0 Å². The largest absolute Gasteiger partial charge is 0.0984 e. The van der Waals surface area contributed by atoms with Crippen molar-refractivity contribution in [1.29, 1.82) is 0 Å². The molecule has 0 heterocycles. The molecule has 122 valence electrons. The van der Waals surface area contributed by atoms with Gasteiger partial charge in [0.15, 0.2) is 0 Å². The third-order valence-corrected chi connectivity index (χ3v) is 5.42. The molecule has 5 aromatic carbocycles. The molecule has 0 fully saturated rings. The first-order valence-corrected chi connectivity index (χ1v) is 8.86. The number of hydrogen-bond donors (Lipinski definition) is 0. The van der Waals surface area contributed by atoms with Gasteiger partial charge in [0.05, 0.1) is 0 Å². The molecule has 0 spiro atoms. The summed E-state index contributed by atoms with van der Waals surface area (Å²) in [6, 6.07) is 26.4. The van der Waals surface area contributed by atoms with Crippen molar-refractivity contribution in [3.8, 4) is 0 Å². The van der Waals surface area contributed by atoms with Crippen LogP contribution in [0, 0.1) is 0 Å². The number of fused-ring (bicyclic) bond motifs is 7. The van der Waals surface area contributed by atoms with Crippen LogP contribution >= 0.6 is 0 Å². The SMILES string of the molecule is C=Cc1ccc2c(ccc3c2ccc2c4ccccc4ccc23)c1C=C. The van der Waals surface area contributed by atoms with Crippen LogP contribution in [0.15, 0.2) is 86.0 Å². The van der Waals surface area contributed by atoms with Gasteiger partial charge >= 0.3 is 0 Å². The predicted octanol–water partition coefficient (Wildman–Crippen LogP) is 7.59. The van der Waals surface area contributed by atoms with Crippen LogP contribution in [-0.2, 0) is 0 Å². The minimum atomic E-state index is 1.12. The molecule has 0 unspecified atom stereocenters. The van der Waals surface area contributed by atoms with Gasteiger partial charge in [-0.3, -0.25) is 0 Å². The smallest absolute Gasteiger partial charge is 0.00987 e. The van der Waals surface area contributed by atoms with Gasteiger partial charge in [-0.15, -0.1) is 0 Å². The topological polar surface area (TPSA) is 0 Å². The van der Waals surface area contributed by atoms with Crippen LogP contribution < -0.4 is 0 Å². The van der Waals surface area contributed by atoms with Crippen LogP contribution in [0.4, 0.5) is 0 Å². The molecule has 0 aliphatic carbocycles. The zero-order valence-corrected chi connectivity index (χ0v) is 14.5. The summed E-state index contributed by atoms with van der Waals surface area (Å²) in [4.78, 5) is 0. The number of rotatable bonds is 2. The van der Waals surface area contributed by atoms with E-state index in [1.165, 1.54) is 43.1 Å². The Bertz CT molecular complexity index is 1350. The molecule has 0 N–H and O–H groups in total. The van der Waals surface area contributed by atoms with Crippen LogP contribution in [0.5, 0.6) is 0 Å². The second-order valence-electron chi connectivity index (χ2n) is 6.68. The zero-order valence-electron chi connectivity index (χ0n) is 14.5. The average Bonchev–Trinajstić information content (AvgIpc) is 2.71. The Kier molecular flexibility index (Phi) is 3.20. The molecule has 0 saturated heterocycles. The van der Waals surface area contributed by atoms with E-state index in [-0.39, 0.29) is 0 Å². The summed E-state index contributed by atoms with van der Waals surface area (Å²) < 4.78 is 0. The molecule has 26 heavy (non-hydrogen) atoms. The quantitative estimate of drug-likeness (QED) is 0.292. The van der Waals surface area contributed by atoms with Crippen molar-refractivity contribution in [2.24, 2.45) is 0 Å². The lowest BCUT2D eigenvalue weighted by Gasteiger charge is -2.12. The summed E-state index contributed by atoms with van der Waals surface area (Å²) >= 11 is 0. The maximum atomic E-state index is 4.01.